The minimum Gasteiger partial charge on any atom is -0.424 e. The van der Waals surface area contributed by atoms with Gasteiger partial charge >= 0.3 is 6.01 Å². The molecular formula is C23H18ClN5O3. The molecule has 9 heteroatoms. The molecule has 0 bridgehead atoms. The fraction of sp³-hybridized carbons (Fsp3) is 0.0870. The van der Waals surface area contributed by atoms with Crippen LogP contribution in [0.3, 0.4) is 0 Å². The summed E-state index contributed by atoms with van der Waals surface area (Å²) in [7, 11) is 0. The van der Waals surface area contributed by atoms with Gasteiger partial charge in [0.15, 0.2) is 0 Å². The van der Waals surface area contributed by atoms with Crippen LogP contribution in [-0.2, 0) is 0 Å². The van der Waals surface area contributed by atoms with E-state index >= 15 is 0 Å². The molecule has 1 amide bonds. The molecule has 8 nitrogen and oxygen atoms in total. The summed E-state index contributed by atoms with van der Waals surface area (Å²) in [4.78, 5) is 40.4. The van der Waals surface area contributed by atoms with Crippen LogP contribution in [0.4, 0.5) is 5.69 Å². The predicted octanol–water partition coefficient (Wildman–Crippen LogP) is 4.54. The molecule has 2 N–H and O–H groups in total. The number of anilines is 1. The second-order valence-electron chi connectivity index (χ2n) is 7.00. The zero-order valence-corrected chi connectivity index (χ0v) is 18.0. The van der Waals surface area contributed by atoms with Gasteiger partial charge in [-0.05, 0) is 56.3 Å². The van der Waals surface area contributed by atoms with Crippen molar-refractivity contribution in [3.05, 3.63) is 93.1 Å². The van der Waals surface area contributed by atoms with E-state index < -0.39 is 11.5 Å². The van der Waals surface area contributed by atoms with Gasteiger partial charge in [0.1, 0.15) is 17.1 Å². The zero-order chi connectivity index (χ0) is 22.7. The van der Waals surface area contributed by atoms with Gasteiger partial charge in [0.05, 0.1) is 0 Å². The van der Waals surface area contributed by atoms with Crippen molar-refractivity contribution in [1.29, 1.82) is 0 Å². The van der Waals surface area contributed by atoms with Crippen LogP contribution in [0.5, 0.6) is 11.8 Å². The lowest BCUT2D eigenvalue weighted by Crippen LogP contribution is -2.24. The molecule has 0 unspecified atom stereocenters. The van der Waals surface area contributed by atoms with Crippen molar-refractivity contribution in [1.82, 2.24) is 19.9 Å². The van der Waals surface area contributed by atoms with E-state index in [1.807, 2.05) is 19.9 Å². The van der Waals surface area contributed by atoms with Gasteiger partial charge in [0.25, 0.3) is 11.5 Å². The Morgan fingerprint density at radius 2 is 1.75 bits per heavy atom. The van der Waals surface area contributed by atoms with Crippen LogP contribution in [-0.4, -0.2) is 25.8 Å². The van der Waals surface area contributed by atoms with E-state index in [0.717, 1.165) is 11.4 Å². The van der Waals surface area contributed by atoms with E-state index in [2.05, 4.69) is 25.3 Å². The average molecular weight is 448 g/mol. The van der Waals surface area contributed by atoms with E-state index in [4.69, 9.17) is 16.3 Å². The first-order valence-electron chi connectivity index (χ1n) is 9.64. The van der Waals surface area contributed by atoms with Gasteiger partial charge in [0.2, 0.25) is 0 Å². The van der Waals surface area contributed by atoms with Crippen LogP contribution in [0.1, 0.15) is 21.7 Å². The first kappa shape index (κ1) is 21.2. The van der Waals surface area contributed by atoms with Crippen molar-refractivity contribution in [2.75, 3.05) is 5.32 Å². The Hall–Kier alpha value is -4.04. The lowest BCUT2D eigenvalue weighted by atomic mass is 10.2. The number of aromatic amines is 1. The lowest BCUT2D eigenvalue weighted by Gasteiger charge is -2.09. The summed E-state index contributed by atoms with van der Waals surface area (Å²) in [6.07, 6.45) is 1.24. The Balaban J connectivity index is 1.51. The van der Waals surface area contributed by atoms with Crippen molar-refractivity contribution in [2.24, 2.45) is 0 Å². The van der Waals surface area contributed by atoms with Crippen molar-refractivity contribution < 1.29 is 9.53 Å². The van der Waals surface area contributed by atoms with Crippen molar-refractivity contribution in [2.45, 2.75) is 13.8 Å². The van der Waals surface area contributed by atoms with Gasteiger partial charge in [0, 0.05) is 39.9 Å². The van der Waals surface area contributed by atoms with Gasteiger partial charge in [-0.25, -0.2) is 15.0 Å². The van der Waals surface area contributed by atoms with E-state index in [9.17, 15) is 9.59 Å². The van der Waals surface area contributed by atoms with Gasteiger partial charge in [-0.2, -0.15) is 0 Å². The summed E-state index contributed by atoms with van der Waals surface area (Å²) in [5, 5.41) is 3.25. The molecule has 160 valence electrons. The minimum atomic E-state index is -0.596. The summed E-state index contributed by atoms with van der Waals surface area (Å²) in [5.74, 6) is 0.186. The number of carbonyl (C=O) groups is 1. The van der Waals surface area contributed by atoms with Crippen molar-refractivity contribution in [3.63, 3.8) is 0 Å². The third-order valence-corrected chi connectivity index (χ3v) is 4.68. The number of aromatic nitrogens is 4. The Bertz CT molecular complexity index is 1330. The predicted molar refractivity (Wildman–Crippen MR) is 121 cm³/mol. The molecule has 4 aromatic rings. The first-order valence-corrected chi connectivity index (χ1v) is 10.0. The summed E-state index contributed by atoms with van der Waals surface area (Å²) < 4.78 is 5.70. The third-order valence-electron chi connectivity index (χ3n) is 4.42. The maximum absolute atomic E-state index is 12.6. The molecule has 0 spiro atoms. The standard InChI is InChI=1S/C23H18ClN5O3/c1-13-10-14(2)27-23(26-13)32-18-5-3-4-17(11-18)28-21(30)19-12-25-20(29-22(19)31)15-6-8-16(24)9-7-15/h3-12H,1-2H3,(H,28,30)(H,25,29,31). The molecule has 0 atom stereocenters. The number of nitrogens with one attached hydrogen (secondary N) is 2. The number of aryl methyl sites for hydroxylation is 2. The Morgan fingerprint density at radius 1 is 1.03 bits per heavy atom. The number of H-pyrrole nitrogens is 1. The molecule has 0 aliphatic heterocycles. The normalized spacial score (nSPS) is 10.6. The highest BCUT2D eigenvalue weighted by atomic mass is 35.5. The molecule has 4 rings (SSSR count). The fourth-order valence-electron chi connectivity index (χ4n) is 2.99. The molecule has 0 saturated carbocycles. The quantitative estimate of drug-likeness (QED) is 0.464. The van der Waals surface area contributed by atoms with Gasteiger partial charge in [-0.3, -0.25) is 9.59 Å². The van der Waals surface area contributed by atoms with E-state index in [0.29, 0.717) is 27.8 Å². The molecule has 0 saturated heterocycles. The summed E-state index contributed by atoms with van der Waals surface area (Å²) in [5.41, 5.74) is 2.01. The van der Waals surface area contributed by atoms with E-state index in [1.54, 1.807) is 48.5 Å². The highest BCUT2D eigenvalue weighted by Gasteiger charge is 2.14. The molecule has 2 heterocycles. The highest BCUT2D eigenvalue weighted by molar-refractivity contribution is 6.30. The lowest BCUT2D eigenvalue weighted by molar-refractivity contribution is 0.102. The number of amides is 1. The topological polar surface area (TPSA) is 110 Å². The van der Waals surface area contributed by atoms with Crippen molar-refractivity contribution in [3.8, 4) is 23.1 Å². The zero-order valence-electron chi connectivity index (χ0n) is 17.2. The van der Waals surface area contributed by atoms with Crippen LogP contribution in [0.25, 0.3) is 11.4 Å². The first-order chi connectivity index (χ1) is 15.4. The maximum atomic E-state index is 12.6. The van der Waals surface area contributed by atoms with Crippen LogP contribution in [0.2, 0.25) is 5.02 Å². The molecule has 2 aromatic carbocycles. The number of carbonyl (C=O) groups excluding carboxylic acids is 1. The smallest absolute Gasteiger partial charge is 0.322 e. The second-order valence-corrected chi connectivity index (χ2v) is 7.44. The van der Waals surface area contributed by atoms with E-state index in [1.165, 1.54) is 6.20 Å². The molecule has 32 heavy (non-hydrogen) atoms. The number of nitrogens with zero attached hydrogens (tertiary/aromatic N) is 3. The SMILES string of the molecule is Cc1cc(C)nc(Oc2cccc(NC(=O)c3cnc(-c4ccc(Cl)cc4)[nH]c3=O)c2)n1. The Morgan fingerprint density at radius 3 is 2.44 bits per heavy atom. The van der Waals surface area contributed by atoms with Gasteiger partial charge in [-0.15, -0.1) is 0 Å². The largest absolute Gasteiger partial charge is 0.424 e. The number of halogens is 1. The molecular weight excluding hydrogens is 430 g/mol. The Kier molecular flexibility index (Phi) is 5.96. The van der Waals surface area contributed by atoms with Crippen LogP contribution < -0.4 is 15.6 Å². The number of rotatable bonds is 5. The molecule has 0 aliphatic rings. The third kappa shape index (κ3) is 4.98. The molecule has 0 aliphatic carbocycles. The number of hydrogen-bond donors (Lipinski definition) is 2. The fourth-order valence-corrected chi connectivity index (χ4v) is 3.12. The Labute approximate surface area is 188 Å². The second kappa shape index (κ2) is 8.99. The molecule has 0 fully saturated rings. The highest BCUT2D eigenvalue weighted by Crippen LogP contribution is 2.23. The minimum absolute atomic E-state index is 0.119. The summed E-state index contributed by atoms with van der Waals surface area (Å²) in [6, 6.07) is 15.6. The van der Waals surface area contributed by atoms with Crippen LogP contribution in [0.15, 0.2) is 65.6 Å². The monoisotopic (exact) mass is 447 g/mol. The van der Waals surface area contributed by atoms with E-state index in [-0.39, 0.29) is 11.6 Å². The van der Waals surface area contributed by atoms with Crippen LogP contribution in [0, 0.1) is 13.8 Å². The summed E-state index contributed by atoms with van der Waals surface area (Å²) >= 11 is 5.88. The number of hydrogen-bond acceptors (Lipinski definition) is 6. The van der Waals surface area contributed by atoms with Gasteiger partial charge < -0.3 is 15.0 Å². The van der Waals surface area contributed by atoms with Crippen LogP contribution >= 0.6 is 11.6 Å². The number of benzene rings is 2. The van der Waals surface area contributed by atoms with Crippen molar-refractivity contribution >= 4 is 23.2 Å². The molecule has 0 radical (unpaired) electrons. The average Bonchev–Trinajstić information content (AvgIpc) is 2.73. The van der Waals surface area contributed by atoms with Gasteiger partial charge in [-0.1, -0.05) is 17.7 Å². The maximum Gasteiger partial charge on any atom is 0.322 e. The molecule has 2 aromatic heterocycles. The summed E-state index contributed by atoms with van der Waals surface area (Å²) in [6.45, 7) is 3.70. The number of ether oxygens (including phenoxy) is 1.